The third-order valence-electron chi connectivity index (χ3n) is 4.60. The van der Waals surface area contributed by atoms with E-state index in [1.165, 1.54) is 11.3 Å². The molecule has 0 N–H and O–H groups in total. The van der Waals surface area contributed by atoms with Crippen molar-refractivity contribution >= 4 is 51.5 Å². The van der Waals surface area contributed by atoms with Gasteiger partial charge in [0.1, 0.15) is 21.3 Å². The number of hydrogen-bond donors (Lipinski definition) is 0. The monoisotopic (exact) mass is 416 g/mol. The molecule has 27 heavy (non-hydrogen) atoms. The Hall–Kier alpha value is -2.02. The quantitative estimate of drug-likeness (QED) is 0.601. The number of fused-ring (bicyclic) bond motifs is 1. The second kappa shape index (κ2) is 7.19. The van der Waals surface area contributed by atoms with Crippen LogP contribution in [0.15, 0.2) is 52.3 Å². The molecule has 2 aromatic heterocycles. The minimum Gasteiger partial charge on any atom is -0.337 e. The van der Waals surface area contributed by atoms with Crippen LogP contribution in [0.2, 0.25) is 5.02 Å². The Morgan fingerprint density at radius 3 is 2.74 bits per heavy atom. The highest BCUT2D eigenvalue weighted by Gasteiger charge is 2.26. The first-order valence-corrected chi connectivity index (χ1v) is 10.6. The lowest BCUT2D eigenvalue weighted by Crippen LogP contribution is -2.34. The lowest BCUT2D eigenvalue weighted by Gasteiger charge is -2.12. The van der Waals surface area contributed by atoms with E-state index in [9.17, 15) is 4.79 Å². The van der Waals surface area contributed by atoms with Gasteiger partial charge < -0.3 is 4.90 Å². The van der Waals surface area contributed by atoms with E-state index in [1.807, 2.05) is 72.7 Å². The van der Waals surface area contributed by atoms with Gasteiger partial charge in [-0.1, -0.05) is 29.4 Å². The number of thioether (sulfide) groups is 1. The number of thiazole rings is 1. The Morgan fingerprint density at radius 2 is 2.04 bits per heavy atom. The van der Waals surface area contributed by atoms with E-state index in [0.717, 1.165) is 35.5 Å². The van der Waals surface area contributed by atoms with E-state index in [0.29, 0.717) is 6.54 Å². The molecule has 7 heteroatoms. The Balaban J connectivity index is 1.96. The molecular formula is C20H19ClN3OS2+. The Morgan fingerprint density at radius 1 is 1.22 bits per heavy atom. The molecule has 0 fully saturated rings. The van der Waals surface area contributed by atoms with Gasteiger partial charge in [-0.05, 0) is 25.1 Å². The van der Waals surface area contributed by atoms with Crippen molar-refractivity contribution in [1.29, 1.82) is 0 Å². The summed E-state index contributed by atoms with van der Waals surface area (Å²) in [7, 11) is 3.99. The van der Waals surface area contributed by atoms with Crippen LogP contribution in [0.4, 0.5) is 5.69 Å². The zero-order chi connectivity index (χ0) is 19.1. The molecule has 1 aliphatic heterocycles. The minimum absolute atomic E-state index is 0.0469. The topological polar surface area (TPSA) is 29.1 Å². The Kier molecular flexibility index (Phi) is 4.88. The van der Waals surface area contributed by atoms with E-state index < -0.39 is 0 Å². The van der Waals surface area contributed by atoms with Crippen LogP contribution in [0.25, 0.3) is 11.1 Å². The lowest BCUT2D eigenvalue weighted by atomic mass is 10.3. The molecule has 0 unspecified atom stereocenters. The van der Waals surface area contributed by atoms with Gasteiger partial charge in [0.2, 0.25) is 5.69 Å². The van der Waals surface area contributed by atoms with Crippen molar-refractivity contribution in [3.63, 3.8) is 0 Å². The van der Waals surface area contributed by atoms with Gasteiger partial charge in [-0.3, -0.25) is 9.36 Å². The van der Waals surface area contributed by atoms with Crippen LogP contribution < -0.4 is 24.2 Å². The first-order valence-electron chi connectivity index (χ1n) is 8.61. The fourth-order valence-electron chi connectivity index (χ4n) is 3.12. The van der Waals surface area contributed by atoms with Gasteiger partial charge in [-0.25, -0.2) is 4.57 Å². The number of rotatable bonds is 2. The van der Waals surface area contributed by atoms with E-state index in [2.05, 4.69) is 11.0 Å². The number of pyridine rings is 1. The van der Waals surface area contributed by atoms with Crippen LogP contribution in [-0.4, -0.2) is 11.6 Å². The Bertz CT molecular complexity index is 1210. The molecule has 0 spiro atoms. The molecule has 4 rings (SSSR count). The molecule has 4 nitrogen and oxygen atoms in total. The normalized spacial score (nSPS) is 16.1. The minimum atomic E-state index is 0.0469. The standard InChI is InChI=1S/C20H19ClN3OS2/c1-4-24-16(12-13-8-5-6-11-22(13)2)26-18(19(24)25)20-23(3)15-10-7-9-14(21)17(15)27-20/h5-12H,4H2,1-3H3/q+1/b20-18+. The zero-order valence-corrected chi connectivity index (χ0v) is 17.7. The summed E-state index contributed by atoms with van der Waals surface area (Å²) in [4.78, 5) is 16.2. The highest BCUT2D eigenvalue weighted by Crippen LogP contribution is 2.48. The van der Waals surface area contributed by atoms with Crippen LogP contribution >= 0.6 is 34.7 Å². The van der Waals surface area contributed by atoms with Crippen molar-refractivity contribution in [2.75, 3.05) is 11.9 Å². The number of nitrogens with zero attached hydrogens (tertiary/aromatic N) is 3. The third-order valence-corrected chi connectivity index (χ3v) is 7.58. The maximum Gasteiger partial charge on any atom is 0.271 e. The van der Waals surface area contributed by atoms with Crippen LogP contribution in [0.3, 0.4) is 0 Å². The van der Waals surface area contributed by atoms with E-state index in [-0.39, 0.29) is 5.56 Å². The van der Waals surface area contributed by atoms with Crippen LogP contribution in [0.1, 0.15) is 12.6 Å². The first kappa shape index (κ1) is 18.3. The lowest BCUT2D eigenvalue weighted by molar-refractivity contribution is -0.673. The molecular weight excluding hydrogens is 398 g/mol. The Labute approximate surface area is 170 Å². The molecule has 0 saturated heterocycles. The fraction of sp³-hybridized carbons (Fsp3) is 0.200. The largest absolute Gasteiger partial charge is 0.337 e. The summed E-state index contributed by atoms with van der Waals surface area (Å²) in [5, 5.41) is 1.65. The van der Waals surface area contributed by atoms with Gasteiger partial charge in [-0.2, -0.15) is 0 Å². The summed E-state index contributed by atoms with van der Waals surface area (Å²) in [5.41, 5.74) is 2.14. The zero-order valence-electron chi connectivity index (χ0n) is 15.3. The summed E-state index contributed by atoms with van der Waals surface area (Å²) in [5.74, 6) is 0. The van der Waals surface area contributed by atoms with Crippen LogP contribution in [-0.2, 0) is 13.6 Å². The number of halogens is 1. The maximum absolute atomic E-state index is 13.1. The first-order chi connectivity index (χ1) is 13.0. The third kappa shape index (κ3) is 3.12. The number of aryl methyl sites for hydroxylation is 1. The summed E-state index contributed by atoms with van der Waals surface area (Å²) in [6.07, 6.45) is 4.07. The van der Waals surface area contributed by atoms with Crippen LogP contribution in [0.5, 0.6) is 0 Å². The van der Waals surface area contributed by atoms with Crippen molar-refractivity contribution in [3.8, 4) is 0 Å². The van der Waals surface area contributed by atoms with Gasteiger partial charge in [0.25, 0.3) is 5.56 Å². The van der Waals surface area contributed by atoms with E-state index >= 15 is 0 Å². The molecule has 0 bridgehead atoms. The maximum atomic E-state index is 13.1. The summed E-state index contributed by atoms with van der Waals surface area (Å²) in [6.45, 7) is 2.63. The van der Waals surface area contributed by atoms with Gasteiger partial charge in [0, 0.05) is 31.8 Å². The van der Waals surface area contributed by atoms with Crippen molar-refractivity contribution in [1.82, 2.24) is 4.57 Å². The average molecular weight is 417 g/mol. The second-order valence-electron chi connectivity index (χ2n) is 6.25. The summed E-state index contributed by atoms with van der Waals surface area (Å²) >= 11 is 9.47. The predicted molar refractivity (Wildman–Crippen MR) is 114 cm³/mol. The van der Waals surface area contributed by atoms with E-state index in [4.69, 9.17) is 11.6 Å². The second-order valence-corrected chi connectivity index (χ2v) is 8.69. The molecule has 1 aromatic carbocycles. The van der Waals surface area contributed by atoms with Crippen molar-refractivity contribution in [3.05, 3.63) is 72.9 Å². The SMILES string of the molecule is CCn1c(=O)/c(=C2\Sc3c(Cl)cccc3N2C)s/c1=C\c1cccc[n+]1C. The highest BCUT2D eigenvalue weighted by molar-refractivity contribution is 8.08. The molecule has 0 amide bonds. The molecule has 0 aliphatic carbocycles. The molecule has 1 aliphatic rings. The van der Waals surface area contributed by atoms with E-state index in [1.54, 1.807) is 11.8 Å². The summed E-state index contributed by atoms with van der Waals surface area (Å²) in [6, 6.07) is 11.9. The van der Waals surface area contributed by atoms with Crippen molar-refractivity contribution in [2.45, 2.75) is 18.4 Å². The average Bonchev–Trinajstić information content (AvgIpc) is 3.15. The highest BCUT2D eigenvalue weighted by atomic mass is 35.5. The molecule has 0 saturated carbocycles. The van der Waals surface area contributed by atoms with Gasteiger partial charge in [0.05, 0.1) is 15.6 Å². The molecule has 3 aromatic rings. The van der Waals surface area contributed by atoms with Crippen molar-refractivity contribution in [2.24, 2.45) is 7.05 Å². The smallest absolute Gasteiger partial charge is 0.271 e. The summed E-state index contributed by atoms with van der Waals surface area (Å²) < 4.78 is 5.58. The van der Waals surface area contributed by atoms with Gasteiger partial charge >= 0.3 is 0 Å². The molecule has 138 valence electrons. The van der Waals surface area contributed by atoms with Gasteiger partial charge in [0.15, 0.2) is 6.20 Å². The molecule has 0 radical (unpaired) electrons. The van der Waals surface area contributed by atoms with Crippen LogP contribution in [0, 0.1) is 0 Å². The predicted octanol–water partition coefficient (Wildman–Crippen LogP) is 2.54. The number of hydrogen-bond acceptors (Lipinski definition) is 4. The number of aromatic nitrogens is 2. The fourth-order valence-corrected chi connectivity index (χ4v) is 5.87. The number of benzene rings is 1. The number of anilines is 1. The van der Waals surface area contributed by atoms with Gasteiger partial charge in [-0.15, -0.1) is 11.3 Å². The molecule has 0 atom stereocenters. The van der Waals surface area contributed by atoms with Crippen molar-refractivity contribution < 1.29 is 4.57 Å². The molecule has 3 heterocycles.